The SMILES string of the molecule is C=C1C[C@H](CCCC=C2CC2)O[C@H]1CCC=O. The van der Waals surface area contributed by atoms with Gasteiger partial charge in [-0.25, -0.2) is 0 Å². The van der Waals surface area contributed by atoms with Crippen LogP contribution in [0.15, 0.2) is 23.8 Å². The number of carbonyl (C=O) groups excluding carboxylic acids is 1. The highest BCUT2D eigenvalue weighted by atomic mass is 16.5. The monoisotopic (exact) mass is 234 g/mol. The van der Waals surface area contributed by atoms with Crippen molar-refractivity contribution in [3.05, 3.63) is 23.8 Å². The highest BCUT2D eigenvalue weighted by Crippen LogP contribution is 2.31. The van der Waals surface area contributed by atoms with Crippen LogP contribution < -0.4 is 0 Å². The third-order valence-electron chi connectivity index (χ3n) is 3.55. The molecule has 2 aliphatic rings. The first kappa shape index (κ1) is 12.6. The zero-order valence-electron chi connectivity index (χ0n) is 10.5. The molecule has 0 aromatic rings. The molecular formula is C15H22O2. The van der Waals surface area contributed by atoms with E-state index in [0.29, 0.717) is 12.5 Å². The molecule has 0 radical (unpaired) electrons. The summed E-state index contributed by atoms with van der Waals surface area (Å²) < 4.78 is 5.92. The molecule has 1 aliphatic carbocycles. The molecule has 0 N–H and O–H groups in total. The minimum atomic E-state index is 0.131. The predicted octanol–water partition coefficient (Wildman–Crippen LogP) is 3.57. The molecule has 2 atom stereocenters. The minimum absolute atomic E-state index is 0.131. The summed E-state index contributed by atoms with van der Waals surface area (Å²) in [6, 6.07) is 0. The average Bonchev–Trinajstić information content (AvgIpc) is 3.07. The summed E-state index contributed by atoms with van der Waals surface area (Å²) in [5.41, 5.74) is 2.81. The lowest BCUT2D eigenvalue weighted by Crippen LogP contribution is -2.11. The zero-order chi connectivity index (χ0) is 12.1. The molecular weight excluding hydrogens is 212 g/mol. The second-order valence-corrected chi connectivity index (χ2v) is 5.15. The maximum atomic E-state index is 10.3. The summed E-state index contributed by atoms with van der Waals surface area (Å²) in [6.45, 7) is 4.05. The molecule has 2 fully saturated rings. The van der Waals surface area contributed by atoms with Gasteiger partial charge in [-0.1, -0.05) is 18.2 Å². The molecule has 17 heavy (non-hydrogen) atoms. The van der Waals surface area contributed by atoms with E-state index in [0.717, 1.165) is 25.5 Å². The number of allylic oxidation sites excluding steroid dienone is 2. The Morgan fingerprint density at radius 3 is 2.82 bits per heavy atom. The third kappa shape index (κ3) is 4.12. The Hall–Kier alpha value is -0.890. The van der Waals surface area contributed by atoms with Crippen LogP contribution in [0.3, 0.4) is 0 Å². The zero-order valence-corrected chi connectivity index (χ0v) is 10.5. The van der Waals surface area contributed by atoms with Crippen molar-refractivity contribution in [1.29, 1.82) is 0 Å². The smallest absolute Gasteiger partial charge is 0.120 e. The van der Waals surface area contributed by atoms with Crippen LogP contribution in [0.5, 0.6) is 0 Å². The van der Waals surface area contributed by atoms with Gasteiger partial charge in [0.2, 0.25) is 0 Å². The number of rotatable bonds is 7. The number of unbranched alkanes of at least 4 members (excludes halogenated alkanes) is 1. The van der Waals surface area contributed by atoms with E-state index in [-0.39, 0.29) is 6.10 Å². The second kappa shape index (κ2) is 6.15. The van der Waals surface area contributed by atoms with E-state index in [9.17, 15) is 4.79 Å². The quantitative estimate of drug-likeness (QED) is 0.382. The fraction of sp³-hybridized carbons (Fsp3) is 0.667. The van der Waals surface area contributed by atoms with Gasteiger partial charge in [0.1, 0.15) is 6.29 Å². The normalized spacial score (nSPS) is 27.3. The Kier molecular flexibility index (Phi) is 4.55. The maximum absolute atomic E-state index is 10.3. The maximum Gasteiger partial charge on any atom is 0.120 e. The Morgan fingerprint density at radius 2 is 2.12 bits per heavy atom. The van der Waals surface area contributed by atoms with Crippen LogP contribution in [0.2, 0.25) is 0 Å². The van der Waals surface area contributed by atoms with Crippen molar-refractivity contribution in [2.24, 2.45) is 0 Å². The van der Waals surface area contributed by atoms with Gasteiger partial charge in [-0.2, -0.15) is 0 Å². The van der Waals surface area contributed by atoms with E-state index >= 15 is 0 Å². The number of hydrogen-bond acceptors (Lipinski definition) is 2. The summed E-state index contributed by atoms with van der Waals surface area (Å²) in [5, 5.41) is 0. The number of ether oxygens (including phenoxy) is 1. The standard InChI is InChI=1S/C15H22O2/c1-12-11-14(17-15(12)7-4-10-16)6-3-2-5-13-8-9-13/h5,10,14-15H,1-4,6-9,11H2/t14-,15-/m0/s1. The Balaban J connectivity index is 1.63. The lowest BCUT2D eigenvalue weighted by atomic mass is 10.0. The Labute approximate surface area is 104 Å². The van der Waals surface area contributed by atoms with Crippen molar-refractivity contribution in [3.8, 4) is 0 Å². The summed E-state index contributed by atoms with van der Waals surface area (Å²) in [4.78, 5) is 10.3. The van der Waals surface area contributed by atoms with E-state index in [1.807, 2.05) is 0 Å². The fourth-order valence-corrected chi connectivity index (χ4v) is 2.39. The van der Waals surface area contributed by atoms with Crippen LogP contribution in [0, 0.1) is 0 Å². The average molecular weight is 234 g/mol. The van der Waals surface area contributed by atoms with Gasteiger partial charge in [0.05, 0.1) is 12.2 Å². The molecule has 0 aromatic heterocycles. The second-order valence-electron chi connectivity index (χ2n) is 5.15. The molecule has 2 nitrogen and oxygen atoms in total. The van der Waals surface area contributed by atoms with Gasteiger partial charge in [0, 0.05) is 6.42 Å². The molecule has 0 aromatic carbocycles. The topological polar surface area (TPSA) is 26.3 Å². The Bertz CT molecular complexity index is 311. The first-order chi connectivity index (χ1) is 8.29. The third-order valence-corrected chi connectivity index (χ3v) is 3.55. The molecule has 0 bridgehead atoms. The van der Waals surface area contributed by atoms with Crippen LogP contribution in [0.1, 0.15) is 51.4 Å². The van der Waals surface area contributed by atoms with Crippen LogP contribution in [-0.2, 0) is 9.53 Å². The van der Waals surface area contributed by atoms with Gasteiger partial charge in [0.25, 0.3) is 0 Å². The first-order valence-electron chi connectivity index (χ1n) is 6.74. The summed E-state index contributed by atoms with van der Waals surface area (Å²) >= 11 is 0. The highest BCUT2D eigenvalue weighted by Gasteiger charge is 2.27. The van der Waals surface area contributed by atoms with Crippen molar-refractivity contribution < 1.29 is 9.53 Å². The van der Waals surface area contributed by atoms with Crippen molar-refractivity contribution in [2.45, 2.75) is 63.6 Å². The lowest BCUT2D eigenvalue weighted by Gasteiger charge is -2.12. The molecule has 94 valence electrons. The van der Waals surface area contributed by atoms with Gasteiger partial charge in [0.15, 0.2) is 0 Å². The molecule has 1 saturated heterocycles. The van der Waals surface area contributed by atoms with Crippen molar-refractivity contribution in [1.82, 2.24) is 0 Å². The number of aldehydes is 1. The van der Waals surface area contributed by atoms with Gasteiger partial charge >= 0.3 is 0 Å². The van der Waals surface area contributed by atoms with Crippen LogP contribution in [0.25, 0.3) is 0 Å². The number of carbonyl (C=O) groups is 1. The molecule has 0 amide bonds. The van der Waals surface area contributed by atoms with Crippen LogP contribution in [0.4, 0.5) is 0 Å². The number of hydrogen-bond donors (Lipinski definition) is 0. The van der Waals surface area contributed by atoms with E-state index in [1.165, 1.54) is 31.3 Å². The van der Waals surface area contributed by atoms with Crippen molar-refractivity contribution >= 4 is 6.29 Å². The largest absolute Gasteiger partial charge is 0.370 e. The van der Waals surface area contributed by atoms with Crippen molar-refractivity contribution in [3.63, 3.8) is 0 Å². The van der Waals surface area contributed by atoms with E-state index < -0.39 is 0 Å². The van der Waals surface area contributed by atoms with E-state index in [4.69, 9.17) is 4.74 Å². The first-order valence-corrected chi connectivity index (χ1v) is 6.74. The lowest BCUT2D eigenvalue weighted by molar-refractivity contribution is -0.108. The van der Waals surface area contributed by atoms with Gasteiger partial charge in [-0.3, -0.25) is 0 Å². The molecule has 1 aliphatic heterocycles. The summed E-state index contributed by atoms with van der Waals surface area (Å²) in [6.07, 6.45) is 12.4. The van der Waals surface area contributed by atoms with Gasteiger partial charge in [-0.05, 0) is 50.5 Å². The van der Waals surface area contributed by atoms with E-state index in [1.54, 1.807) is 5.57 Å². The molecule has 1 saturated carbocycles. The molecule has 2 heteroatoms. The van der Waals surface area contributed by atoms with E-state index in [2.05, 4.69) is 12.7 Å². The van der Waals surface area contributed by atoms with Gasteiger partial charge < -0.3 is 9.53 Å². The minimum Gasteiger partial charge on any atom is -0.370 e. The van der Waals surface area contributed by atoms with Crippen LogP contribution in [-0.4, -0.2) is 18.5 Å². The molecule has 0 spiro atoms. The molecule has 0 unspecified atom stereocenters. The van der Waals surface area contributed by atoms with Crippen molar-refractivity contribution in [2.75, 3.05) is 0 Å². The fourth-order valence-electron chi connectivity index (χ4n) is 2.39. The van der Waals surface area contributed by atoms with Gasteiger partial charge in [-0.15, -0.1) is 0 Å². The highest BCUT2D eigenvalue weighted by molar-refractivity contribution is 5.49. The Morgan fingerprint density at radius 1 is 1.29 bits per heavy atom. The summed E-state index contributed by atoms with van der Waals surface area (Å²) in [7, 11) is 0. The molecule has 1 heterocycles. The van der Waals surface area contributed by atoms with Crippen LogP contribution >= 0.6 is 0 Å². The molecule has 2 rings (SSSR count). The summed E-state index contributed by atoms with van der Waals surface area (Å²) in [5.74, 6) is 0. The predicted molar refractivity (Wildman–Crippen MR) is 68.9 cm³/mol.